The number of carbonyl (C=O) groups excluding carboxylic acids is 1. The predicted octanol–water partition coefficient (Wildman–Crippen LogP) is 4.03. The van der Waals surface area contributed by atoms with Gasteiger partial charge in [-0.2, -0.15) is 0 Å². The summed E-state index contributed by atoms with van der Waals surface area (Å²) in [6, 6.07) is 4.37. The van der Waals surface area contributed by atoms with E-state index in [0.29, 0.717) is 6.42 Å². The van der Waals surface area contributed by atoms with E-state index < -0.39 is 11.1 Å². The molecule has 0 bridgehead atoms. The van der Waals surface area contributed by atoms with Crippen molar-refractivity contribution in [2.75, 3.05) is 19.4 Å². The lowest BCUT2D eigenvalue weighted by molar-refractivity contribution is 0.0824. The maximum absolute atomic E-state index is 13.9. The molecule has 1 aromatic carbocycles. The van der Waals surface area contributed by atoms with E-state index in [2.05, 4.69) is 14.1 Å². The van der Waals surface area contributed by atoms with Crippen LogP contribution in [0.2, 0.25) is 0 Å². The Balaban J connectivity index is 2.02. The molecule has 1 amide bonds. The summed E-state index contributed by atoms with van der Waals surface area (Å²) in [6.45, 7) is 6.01. The molecule has 2 aromatic rings. The number of rotatable bonds is 5. The number of aromatic amines is 1. The lowest BCUT2D eigenvalue weighted by atomic mass is 9.77. The first-order valence-corrected chi connectivity index (χ1v) is 11.3. The number of allylic oxidation sites excluding steroid dienone is 3. The average molecular weight is 462 g/mol. The number of aromatic nitrogens is 2. The van der Waals surface area contributed by atoms with Gasteiger partial charge < -0.3 is 19.9 Å². The predicted molar refractivity (Wildman–Crippen MR) is 122 cm³/mol. The summed E-state index contributed by atoms with van der Waals surface area (Å²) in [7, 11) is 3.18. The van der Waals surface area contributed by atoms with Gasteiger partial charge in [0.05, 0.1) is 17.3 Å². The van der Waals surface area contributed by atoms with Gasteiger partial charge >= 0.3 is 0 Å². The molecule has 3 atom stereocenters. The molecule has 1 heterocycles. The summed E-state index contributed by atoms with van der Waals surface area (Å²) in [5, 5.41) is 13.5. The van der Waals surface area contributed by atoms with Crippen molar-refractivity contribution in [1.29, 1.82) is 0 Å². The first kappa shape index (κ1) is 23.7. The van der Waals surface area contributed by atoms with Crippen LogP contribution in [0, 0.1) is 11.3 Å². The van der Waals surface area contributed by atoms with Crippen molar-refractivity contribution in [3.63, 3.8) is 0 Å². The van der Waals surface area contributed by atoms with Crippen molar-refractivity contribution in [2.45, 2.75) is 33.2 Å². The SMILES string of the molecule is CN(C)C(=O)c1cccc(Nc2n[s+]([O-])[nH]c2=NC(C2C=C(F)C=CC2)C(C)(C)C)c1O. The average Bonchev–Trinajstić information content (AvgIpc) is 3.05. The van der Waals surface area contributed by atoms with Crippen molar-refractivity contribution in [3.05, 3.63) is 53.3 Å². The number of hydrogen-bond donors (Lipinski definition) is 3. The molecule has 172 valence electrons. The largest absolute Gasteiger partial charge is 0.548 e. The topological polar surface area (TPSA) is 117 Å². The third-order valence-corrected chi connectivity index (χ3v) is 5.84. The standard InChI is InChI=1S/C22H28FN5O3S/c1-22(2,3)18(13-8-6-9-14(23)12-13)25-20-19(26-32(31)27-20)24-16-11-7-10-15(17(16)29)21(30)28(4)5/h6-7,9-13,18,29H,8H2,1-5H3,(H,24,26)(H,25,27). The molecule has 3 unspecified atom stereocenters. The van der Waals surface area contributed by atoms with E-state index in [1.54, 1.807) is 38.4 Å². The molecule has 3 rings (SSSR count). The van der Waals surface area contributed by atoms with Gasteiger partial charge in [-0.3, -0.25) is 9.79 Å². The number of phenols is 1. The fraction of sp³-hybridized carbons (Fsp3) is 0.409. The summed E-state index contributed by atoms with van der Waals surface area (Å²) in [6.07, 6.45) is 5.39. The number of H-pyrrole nitrogens is 1. The summed E-state index contributed by atoms with van der Waals surface area (Å²) in [5.41, 5.74) is 0.267. The van der Waals surface area contributed by atoms with E-state index in [4.69, 9.17) is 4.99 Å². The molecule has 0 radical (unpaired) electrons. The van der Waals surface area contributed by atoms with Gasteiger partial charge in [-0.15, -0.1) is 4.37 Å². The number of carbonyl (C=O) groups is 1. The van der Waals surface area contributed by atoms with E-state index in [9.17, 15) is 18.8 Å². The van der Waals surface area contributed by atoms with Crippen LogP contribution in [0.5, 0.6) is 5.75 Å². The van der Waals surface area contributed by atoms with Crippen molar-refractivity contribution in [3.8, 4) is 5.75 Å². The first-order valence-electron chi connectivity index (χ1n) is 10.2. The van der Waals surface area contributed by atoms with Crippen LogP contribution in [0.1, 0.15) is 37.6 Å². The Morgan fingerprint density at radius 1 is 1.44 bits per heavy atom. The Morgan fingerprint density at radius 2 is 2.16 bits per heavy atom. The zero-order valence-corrected chi connectivity index (χ0v) is 19.5. The molecular formula is C22H28FN5O3S. The normalized spacial score (nSPS) is 18.3. The van der Waals surface area contributed by atoms with Gasteiger partial charge in [-0.25, -0.2) is 4.39 Å². The zero-order chi connectivity index (χ0) is 23.6. The Hall–Kier alpha value is -2.98. The van der Waals surface area contributed by atoms with Gasteiger partial charge in [-0.05, 0) is 36.1 Å². The van der Waals surface area contributed by atoms with E-state index in [1.807, 2.05) is 20.8 Å². The number of hydrogen-bond acceptors (Lipinski definition) is 6. The lowest BCUT2D eigenvalue weighted by Gasteiger charge is -2.32. The number of nitrogens with one attached hydrogen (secondary N) is 2. The van der Waals surface area contributed by atoms with E-state index in [1.165, 1.54) is 17.0 Å². The number of benzene rings is 1. The van der Waals surface area contributed by atoms with Gasteiger partial charge in [0.15, 0.2) is 16.9 Å². The fourth-order valence-electron chi connectivity index (χ4n) is 3.59. The Labute approximate surface area is 189 Å². The summed E-state index contributed by atoms with van der Waals surface area (Å²) in [4.78, 5) is 18.4. The van der Waals surface area contributed by atoms with Crippen LogP contribution in [-0.2, 0) is 0 Å². The van der Waals surface area contributed by atoms with Crippen molar-refractivity contribution in [1.82, 2.24) is 13.6 Å². The molecule has 0 saturated heterocycles. The summed E-state index contributed by atoms with van der Waals surface area (Å²) < 4.78 is 32.8. The molecule has 32 heavy (non-hydrogen) atoms. The molecule has 0 spiro atoms. The second-order valence-electron chi connectivity index (χ2n) is 8.96. The number of amides is 1. The minimum absolute atomic E-state index is 0.119. The van der Waals surface area contributed by atoms with Crippen LogP contribution in [-0.4, -0.2) is 49.4 Å². The molecule has 0 saturated carbocycles. The zero-order valence-electron chi connectivity index (χ0n) is 18.7. The molecule has 1 aliphatic carbocycles. The molecule has 10 heteroatoms. The highest BCUT2D eigenvalue weighted by molar-refractivity contribution is 7.13. The van der Waals surface area contributed by atoms with E-state index in [-0.39, 0.29) is 57.4 Å². The number of phenolic OH excluding ortho intramolecular Hbond substituents is 1. The second kappa shape index (κ2) is 9.25. The van der Waals surface area contributed by atoms with Crippen LogP contribution in [0.15, 0.2) is 47.2 Å². The van der Waals surface area contributed by atoms with Crippen LogP contribution >= 0.6 is 11.1 Å². The van der Waals surface area contributed by atoms with Crippen molar-refractivity contribution < 1.29 is 18.8 Å². The quantitative estimate of drug-likeness (QED) is 0.459. The van der Waals surface area contributed by atoms with Crippen LogP contribution in [0.4, 0.5) is 15.9 Å². The summed E-state index contributed by atoms with van der Waals surface area (Å²) in [5.74, 6) is -0.932. The molecular weight excluding hydrogens is 433 g/mol. The maximum Gasteiger partial charge on any atom is 0.257 e. The smallest absolute Gasteiger partial charge is 0.257 e. The van der Waals surface area contributed by atoms with E-state index in [0.717, 1.165) is 0 Å². The van der Waals surface area contributed by atoms with Crippen LogP contribution in [0.25, 0.3) is 0 Å². The molecule has 1 aliphatic rings. The molecule has 1 aromatic heterocycles. The monoisotopic (exact) mass is 461 g/mol. The molecule has 0 fully saturated rings. The number of halogens is 1. The molecule has 0 aliphatic heterocycles. The van der Waals surface area contributed by atoms with Gasteiger partial charge in [0, 0.05) is 24.4 Å². The van der Waals surface area contributed by atoms with Crippen molar-refractivity contribution >= 4 is 28.6 Å². The second-order valence-corrected chi connectivity index (χ2v) is 9.84. The Kier molecular flexibility index (Phi) is 6.85. The number of nitrogens with zero attached hydrogens (tertiary/aromatic N) is 3. The first-order chi connectivity index (χ1) is 15.0. The van der Waals surface area contributed by atoms with Gasteiger partial charge in [-0.1, -0.05) is 32.9 Å². The highest BCUT2D eigenvalue weighted by atomic mass is 32.2. The van der Waals surface area contributed by atoms with E-state index >= 15 is 0 Å². The molecule has 8 nitrogen and oxygen atoms in total. The Morgan fingerprint density at radius 3 is 2.78 bits per heavy atom. The number of para-hydroxylation sites is 1. The van der Waals surface area contributed by atoms with Gasteiger partial charge in [0.2, 0.25) is 11.3 Å². The highest BCUT2D eigenvalue weighted by Crippen LogP contribution is 2.34. The van der Waals surface area contributed by atoms with Crippen molar-refractivity contribution in [2.24, 2.45) is 16.3 Å². The number of aromatic hydroxyl groups is 1. The van der Waals surface area contributed by atoms with Gasteiger partial charge in [0.1, 0.15) is 5.83 Å². The molecule has 3 N–H and O–H groups in total. The lowest BCUT2D eigenvalue weighted by Crippen LogP contribution is -2.34. The number of anilines is 2. The maximum atomic E-state index is 13.9. The minimum atomic E-state index is -1.76. The Bertz CT molecular complexity index is 1130. The van der Waals surface area contributed by atoms with Crippen LogP contribution < -0.4 is 10.8 Å². The fourth-order valence-corrected chi connectivity index (χ4v) is 4.25. The third kappa shape index (κ3) is 5.25. The van der Waals surface area contributed by atoms with Crippen LogP contribution in [0.3, 0.4) is 0 Å². The highest BCUT2D eigenvalue weighted by Gasteiger charge is 2.32. The summed E-state index contributed by atoms with van der Waals surface area (Å²) >= 11 is -1.76. The van der Waals surface area contributed by atoms with Gasteiger partial charge in [0.25, 0.3) is 5.91 Å². The minimum Gasteiger partial charge on any atom is -0.548 e. The third-order valence-electron chi connectivity index (χ3n) is 5.13.